The van der Waals surface area contributed by atoms with Crippen molar-refractivity contribution in [2.24, 2.45) is 5.73 Å². The van der Waals surface area contributed by atoms with Crippen LogP contribution in [0.15, 0.2) is 42.7 Å². The van der Waals surface area contributed by atoms with Gasteiger partial charge in [0.2, 0.25) is 5.91 Å². The van der Waals surface area contributed by atoms with Crippen LogP contribution in [0, 0.1) is 0 Å². The van der Waals surface area contributed by atoms with E-state index in [0.29, 0.717) is 23.1 Å². The number of benzene rings is 1. The van der Waals surface area contributed by atoms with Gasteiger partial charge in [0, 0.05) is 23.6 Å². The Bertz CT molecular complexity index is 731. The maximum absolute atomic E-state index is 12.5. The van der Waals surface area contributed by atoms with Crippen molar-refractivity contribution in [2.45, 2.75) is 44.2 Å². The minimum absolute atomic E-state index is 0.146. The fourth-order valence-electron chi connectivity index (χ4n) is 3.01. The number of anilines is 1. The van der Waals surface area contributed by atoms with Crippen LogP contribution in [-0.2, 0) is 11.4 Å². The van der Waals surface area contributed by atoms with Crippen LogP contribution in [0.4, 0.5) is 5.69 Å². The number of ether oxygens (including phenoxy) is 1. The molecule has 0 unspecified atom stereocenters. The van der Waals surface area contributed by atoms with Crippen LogP contribution in [0.1, 0.15) is 37.7 Å². The Morgan fingerprint density at radius 2 is 2.08 bits per heavy atom. The van der Waals surface area contributed by atoms with E-state index in [1.165, 1.54) is 0 Å². The van der Waals surface area contributed by atoms with Gasteiger partial charge in [-0.05, 0) is 37.1 Å². The predicted octanol–water partition coefficient (Wildman–Crippen LogP) is 3.91. The lowest BCUT2D eigenvalue weighted by Crippen LogP contribution is -2.52. The SMILES string of the molecule is NC1(C(=O)Nc2ccc(OCc3cccnc3)c(Cl)c2)CCCCC1. The highest BCUT2D eigenvalue weighted by molar-refractivity contribution is 6.32. The first-order chi connectivity index (χ1) is 12.1. The second kappa shape index (κ2) is 7.85. The summed E-state index contributed by atoms with van der Waals surface area (Å²) in [7, 11) is 0. The third-order valence-electron chi connectivity index (χ3n) is 4.50. The quantitative estimate of drug-likeness (QED) is 0.848. The predicted molar refractivity (Wildman–Crippen MR) is 98.7 cm³/mol. The largest absolute Gasteiger partial charge is 0.487 e. The molecule has 25 heavy (non-hydrogen) atoms. The van der Waals surface area contributed by atoms with Gasteiger partial charge in [-0.15, -0.1) is 0 Å². The van der Waals surface area contributed by atoms with E-state index in [4.69, 9.17) is 22.1 Å². The number of aromatic nitrogens is 1. The average Bonchev–Trinajstić information content (AvgIpc) is 2.62. The van der Waals surface area contributed by atoms with Gasteiger partial charge < -0.3 is 15.8 Å². The molecular formula is C19H22ClN3O2. The van der Waals surface area contributed by atoms with Gasteiger partial charge in [0.15, 0.2) is 0 Å². The van der Waals surface area contributed by atoms with E-state index in [2.05, 4.69) is 10.3 Å². The smallest absolute Gasteiger partial charge is 0.244 e. The minimum Gasteiger partial charge on any atom is -0.487 e. The van der Waals surface area contributed by atoms with Crippen LogP contribution in [-0.4, -0.2) is 16.4 Å². The fourth-order valence-corrected chi connectivity index (χ4v) is 3.24. The van der Waals surface area contributed by atoms with Crippen LogP contribution in [0.5, 0.6) is 5.75 Å². The second-order valence-corrected chi connectivity index (χ2v) is 6.87. The molecule has 0 atom stereocenters. The van der Waals surface area contributed by atoms with Crippen LogP contribution in [0.25, 0.3) is 0 Å². The van der Waals surface area contributed by atoms with Gasteiger partial charge in [-0.1, -0.05) is 36.9 Å². The highest BCUT2D eigenvalue weighted by Gasteiger charge is 2.35. The van der Waals surface area contributed by atoms with Crippen molar-refractivity contribution in [3.8, 4) is 5.75 Å². The molecule has 3 rings (SSSR count). The summed E-state index contributed by atoms with van der Waals surface area (Å²) in [5, 5.41) is 3.32. The molecule has 1 aromatic carbocycles. The average molecular weight is 360 g/mol. The molecule has 0 radical (unpaired) electrons. The molecule has 0 spiro atoms. The highest BCUT2D eigenvalue weighted by Crippen LogP contribution is 2.30. The summed E-state index contributed by atoms with van der Waals surface area (Å²) in [6.45, 7) is 0.380. The lowest BCUT2D eigenvalue weighted by Gasteiger charge is -2.31. The van der Waals surface area contributed by atoms with Crippen LogP contribution < -0.4 is 15.8 Å². The molecule has 5 nitrogen and oxygen atoms in total. The van der Waals surface area contributed by atoms with Gasteiger partial charge in [0.1, 0.15) is 12.4 Å². The van der Waals surface area contributed by atoms with E-state index >= 15 is 0 Å². The standard InChI is InChI=1S/C19H22ClN3O2/c20-16-11-15(23-18(24)19(21)8-2-1-3-9-19)6-7-17(16)25-13-14-5-4-10-22-12-14/h4-7,10-12H,1-3,8-9,13,21H2,(H,23,24). The Morgan fingerprint density at radius 3 is 2.76 bits per heavy atom. The monoisotopic (exact) mass is 359 g/mol. The molecule has 1 aliphatic rings. The van der Waals surface area contributed by atoms with Gasteiger partial charge in [0.05, 0.1) is 10.6 Å². The summed E-state index contributed by atoms with van der Waals surface area (Å²) in [6.07, 6.45) is 8.02. The molecular weight excluding hydrogens is 338 g/mol. The summed E-state index contributed by atoms with van der Waals surface area (Å²) in [5.74, 6) is 0.413. The Morgan fingerprint density at radius 1 is 1.28 bits per heavy atom. The Hall–Kier alpha value is -2.11. The minimum atomic E-state index is -0.778. The summed E-state index contributed by atoms with van der Waals surface area (Å²) in [5.41, 5.74) is 7.06. The van der Waals surface area contributed by atoms with Gasteiger partial charge >= 0.3 is 0 Å². The highest BCUT2D eigenvalue weighted by atomic mass is 35.5. The first-order valence-corrected chi connectivity index (χ1v) is 8.86. The molecule has 1 aliphatic carbocycles. The van der Waals surface area contributed by atoms with Crippen LogP contribution in [0.2, 0.25) is 5.02 Å². The zero-order valence-corrected chi connectivity index (χ0v) is 14.8. The normalized spacial score (nSPS) is 16.2. The number of carbonyl (C=O) groups excluding carboxylic acids is 1. The molecule has 3 N–H and O–H groups in total. The van der Waals surface area contributed by atoms with Crippen molar-refractivity contribution >= 4 is 23.2 Å². The Kier molecular flexibility index (Phi) is 5.56. The number of carbonyl (C=O) groups is 1. The van der Waals surface area contributed by atoms with Crippen molar-refractivity contribution < 1.29 is 9.53 Å². The molecule has 1 fully saturated rings. The molecule has 1 heterocycles. The molecule has 1 saturated carbocycles. The number of nitrogens with two attached hydrogens (primary N) is 1. The van der Waals surface area contributed by atoms with Gasteiger partial charge in [-0.3, -0.25) is 9.78 Å². The molecule has 2 aromatic rings. The topological polar surface area (TPSA) is 77.2 Å². The molecule has 6 heteroatoms. The molecule has 0 aliphatic heterocycles. The van der Waals surface area contributed by atoms with Crippen molar-refractivity contribution in [3.63, 3.8) is 0 Å². The summed E-state index contributed by atoms with van der Waals surface area (Å²) in [6, 6.07) is 8.99. The van der Waals surface area contributed by atoms with E-state index in [0.717, 1.165) is 37.7 Å². The zero-order valence-electron chi connectivity index (χ0n) is 14.0. The van der Waals surface area contributed by atoms with E-state index in [-0.39, 0.29) is 5.91 Å². The van der Waals surface area contributed by atoms with Crippen molar-refractivity contribution in [1.29, 1.82) is 0 Å². The number of hydrogen-bond donors (Lipinski definition) is 2. The number of pyridine rings is 1. The molecule has 1 aromatic heterocycles. The number of nitrogens with one attached hydrogen (secondary N) is 1. The fraction of sp³-hybridized carbons (Fsp3) is 0.368. The van der Waals surface area contributed by atoms with Crippen LogP contribution >= 0.6 is 11.6 Å². The maximum Gasteiger partial charge on any atom is 0.244 e. The Labute approximate surface area is 152 Å². The Balaban J connectivity index is 1.62. The number of hydrogen-bond acceptors (Lipinski definition) is 4. The molecule has 132 valence electrons. The maximum atomic E-state index is 12.5. The van der Waals surface area contributed by atoms with Gasteiger partial charge in [-0.25, -0.2) is 0 Å². The number of rotatable bonds is 5. The second-order valence-electron chi connectivity index (χ2n) is 6.47. The summed E-state index contributed by atoms with van der Waals surface area (Å²) < 4.78 is 5.71. The van der Waals surface area contributed by atoms with E-state index in [1.54, 1.807) is 30.6 Å². The number of nitrogens with zero attached hydrogens (tertiary/aromatic N) is 1. The first-order valence-electron chi connectivity index (χ1n) is 8.48. The third-order valence-corrected chi connectivity index (χ3v) is 4.80. The molecule has 0 bridgehead atoms. The molecule has 1 amide bonds. The van der Waals surface area contributed by atoms with E-state index in [1.807, 2.05) is 12.1 Å². The first kappa shape index (κ1) is 17.7. The van der Waals surface area contributed by atoms with Gasteiger partial charge in [0.25, 0.3) is 0 Å². The lowest BCUT2D eigenvalue weighted by atomic mass is 9.82. The van der Waals surface area contributed by atoms with Crippen molar-refractivity contribution in [1.82, 2.24) is 4.98 Å². The number of amides is 1. The zero-order chi connectivity index (χ0) is 17.7. The number of halogens is 1. The van der Waals surface area contributed by atoms with Gasteiger partial charge in [-0.2, -0.15) is 0 Å². The lowest BCUT2D eigenvalue weighted by molar-refractivity contribution is -0.122. The summed E-state index contributed by atoms with van der Waals surface area (Å²) >= 11 is 6.28. The van der Waals surface area contributed by atoms with Crippen molar-refractivity contribution in [2.75, 3.05) is 5.32 Å². The van der Waals surface area contributed by atoms with Crippen molar-refractivity contribution in [3.05, 3.63) is 53.3 Å². The van der Waals surface area contributed by atoms with E-state index in [9.17, 15) is 4.79 Å². The van der Waals surface area contributed by atoms with Crippen LogP contribution in [0.3, 0.4) is 0 Å². The summed E-state index contributed by atoms with van der Waals surface area (Å²) in [4.78, 5) is 16.5. The molecule has 0 saturated heterocycles. The van der Waals surface area contributed by atoms with E-state index < -0.39 is 5.54 Å². The third kappa shape index (κ3) is 4.50.